The Labute approximate surface area is 196 Å². The zero-order chi connectivity index (χ0) is 22.6. The smallest absolute Gasteiger partial charge is 0.140 e. The van der Waals surface area contributed by atoms with Crippen molar-refractivity contribution in [2.45, 2.75) is 56.9 Å². The standard InChI is InChI=1S/C18H21N5S.C6H16OSi/c1-2-6-22-18(4-1)5-9-23(12-18)14-3-7-19-16-15(14)13(11-21-16)17-20-8-10-24-17;1-7-5-6-8(2,3)4/h3,7-8,10-11,22H,1-2,4-6,9,12H2,(H,19,21);5-6H2,1-4H3/t18-;/m1./s1. The molecule has 1 atom stereocenters. The highest BCUT2D eigenvalue weighted by molar-refractivity contribution is 7.13. The van der Waals surface area contributed by atoms with Crippen molar-refractivity contribution >= 4 is 36.1 Å². The van der Waals surface area contributed by atoms with Crippen molar-refractivity contribution < 1.29 is 4.74 Å². The summed E-state index contributed by atoms with van der Waals surface area (Å²) in [6.45, 7) is 11.4. The largest absolute Gasteiger partial charge is 0.385 e. The first-order valence-electron chi connectivity index (χ1n) is 11.8. The van der Waals surface area contributed by atoms with Crippen molar-refractivity contribution in [1.82, 2.24) is 20.3 Å². The second-order valence-corrected chi connectivity index (χ2v) is 16.7. The molecule has 5 rings (SSSR count). The van der Waals surface area contributed by atoms with E-state index >= 15 is 0 Å². The molecule has 0 unspecified atom stereocenters. The van der Waals surface area contributed by atoms with Gasteiger partial charge in [0, 0.05) is 70.0 Å². The van der Waals surface area contributed by atoms with E-state index < -0.39 is 8.07 Å². The fourth-order valence-electron chi connectivity index (χ4n) is 4.69. The molecule has 0 saturated carbocycles. The Morgan fingerprint density at radius 3 is 2.72 bits per heavy atom. The summed E-state index contributed by atoms with van der Waals surface area (Å²) in [5, 5.41) is 8.10. The van der Waals surface area contributed by atoms with E-state index in [-0.39, 0.29) is 0 Å². The lowest BCUT2D eigenvalue weighted by molar-refractivity contribution is 0.214. The first kappa shape index (κ1) is 23.4. The Balaban J connectivity index is 0.000000265. The van der Waals surface area contributed by atoms with E-state index in [1.54, 1.807) is 18.4 Å². The van der Waals surface area contributed by atoms with Crippen molar-refractivity contribution in [3.05, 3.63) is 30.0 Å². The third kappa shape index (κ3) is 5.42. The zero-order valence-corrected chi connectivity index (χ0v) is 21.7. The van der Waals surface area contributed by atoms with Crippen molar-refractivity contribution in [2.75, 3.05) is 38.3 Å². The lowest BCUT2D eigenvalue weighted by Crippen LogP contribution is -2.50. The van der Waals surface area contributed by atoms with Crippen LogP contribution in [0.2, 0.25) is 25.7 Å². The molecule has 0 radical (unpaired) electrons. The quantitative estimate of drug-likeness (QED) is 0.489. The van der Waals surface area contributed by atoms with Crippen molar-refractivity contribution in [3.63, 3.8) is 0 Å². The monoisotopic (exact) mass is 471 g/mol. The SMILES string of the molecule is COCC[Si](C)(C)C.c1csc(-c2c[nH]c3nccc(N4CC[C@]5(CCCCN5)C4)c23)n1. The molecule has 2 aliphatic rings. The fraction of sp³-hybridized carbons (Fsp3) is 0.583. The van der Waals surface area contributed by atoms with Gasteiger partial charge in [-0.15, -0.1) is 11.3 Å². The number of thiazole rings is 1. The predicted octanol–water partition coefficient (Wildman–Crippen LogP) is 5.38. The van der Waals surface area contributed by atoms with E-state index in [9.17, 15) is 0 Å². The lowest BCUT2D eigenvalue weighted by Gasteiger charge is -2.35. The Hall–Kier alpha value is -1.74. The molecule has 3 aromatic rings. The topological polar surface area (TPSA) is 66.1 Å². The molecule has 8 heteroatoms. The maximum atomic E-state index is 4.95. The molecule has 2 fully saturated rings. The van der Waals surface area contributed by atoms with Gasteiger partial charge in [0.1, 0.15) is 10.7 Å². The average Bonchev–Trinajstić information content (AvgIpc) is 3.52. The van der Waals surface area contributed by atoms with Gasteiger partial charge in [0.25, 0.3) is 0 Å². The second kappa shape index (κ2) is 10.0. The third-order valence-corrected chi connectivity index (χ3v) is 9.06. The number of methoxy groups -OCH3 is 1. The van der Waals surface area contributed by atoms with Crippen LogP contribution in [-0.4, -0.2) is 61.9 Å². The van der Waals surface area contributed by atoms with Gasteiger partial charge in [-0.1, -0.05) is 26.1 Å². The molecule has 0 aliphatic carbocycles. The molecule has 3 aromatic heterocycles. The van der Waals surface area contributed by atoms with Crippen LogP contribution in [-0.2, 0) is 4.74 Å². The van der Waals surface area contributed by atoms with Crippen molar-refractivity contribution in [3.8, 4) is 10.6 Å². The number of pyridine rings is 1. The molecule has 32 heavy (non-hydrogen) atoms. The number of aromatic amines is 1. The number of rotatable bonds is 5. The zero-order valence-electron chi connectivity index (χ0n) is 19.9. The first-order valence-corrected chi connectivity index (χ1v) is 16.3. The molecule has 5 heterocycles. The summed E-state index contributed by atoms with van der Waals surface area (Å²) in [6, 6.07) is 3.44. The summed E-state index contributed by atoms with van der Waals surface area (Å²) >= 11 is 1.68. The molecule has 174 valence electrons. The summed E-state index contributed by atoms with van der Waals surface area (Å²) in [4.78, 5) is 14.9. The van der Waals surface area contributed by atoms with E-state index in [4.69, 9.17) is 4.74 Å². The highest BCUT2D eigenvalue weighted by Gasteiger charge is 2.39. The lowest BCUT2D eigenvalue weighted by atomic mass is 9.88. The third-order valence-electron chi connectivity index (χ3n) is 6.55. The van der Waals surface area contributed by atoms with Crippen molar-refractivity contribution in [1.29, 1.82) is 0 Å². The number of H-pyrrole nitrogens is 1. The fourth-order valence-corrected chi connectivity index (χ4v) is 6.17. The first-order chi connectivity index (χ1) is 15.4. The molecule has 6 nitrogen and oxygen atoms in total. The number of ether oxygens (including phenoxy) is 1. The van der Waals surface area contributed by atoms with Crippen LogP contribution in [0.3, 0.4) is 0 Å². The number of anilines is 1. The number of hydrogen-bond donors (Lipinski definition) is 2. The molecule has 2 N–H and O–H groups in total. The van der Waals surface area contributed by atoms with E-state index in [1.807, 2.05) is 24.0 Å². The van der Waals surface area contributed by atoms with Crippen LogP contribution in [0.1, 0.15) is 25.7 Å². The molecule has 1 spiro atoms. The van der Waals surface area contributed by atoms with Gasteiger partial charge in [0.2, 0.25) is 0 Å². The second-order valence-electron chi connectivity index (χ2n) is 10.2. The summed E-state index contributed by atoms with van der Waals surface area (Å²) in [5.74, 6) is 0. The van der Waals surface area contributed by atoms with Crippen LogP contribution in [0.15, 0.2) is 30.0 Å². The maximum Gasteiger partial charge on any atom is 0.140 e. The highest BCUT2D eigenvalue weighted by Crippen LogP contribution is 2.39. The number of hydrogen-bond acceptors (Lipinski definition) is 6. The molecular weight excluding hydrogens is 434 g/mol. The number of fused-ring (bicyclic) bond motifs is 1. The maximum absolute atomic E-state index is 4.95. The van der Waals surface area contributed by atoms with Crippen molar-refractivity contribution in [2.24, 2.45) is 0 Å². The molecule has 0 bridgehead atoms. The summed E-state index contributed by atoms with van der Waals surface area (Å²) in [5.41, 5.74) is 3.72. The van der Waals surface area contributed by atoms with Crippen LogP contribution in [0, 0.1) is 0 Å². The van der Waals surface area contributed by atoms with Gasteiger partial charge in [0.15, 0.2) is 0 Å². The Morgan fingerprint density at radius 1 is 1.19 bits per heavy atom. The Bertz CT molecular complexity index is 992. The number of nitrogens with zero attached hydrogens (tertiary/aromatic N) is 3. The summed E-state index contributed by atoms with van der Waals surface area (Å²) in [6.07, 6.45) is 11.0. The predicted molar refractivity (Wildman–Crippen MR) is 139 cm³/mol. The van der Waals surface area contributed by atoms with Crippen LogP contribution in [0.5, 0.6) is 0 Å². The number of aromatic nitrogens is 3. The van der Waals surface area contributed by atoms with Crippen LogP contribution >= 0.6 is 11.3 Å². The molecule has 0 aromatic carbocycles. The minimum absolute atomic E-state index is 0.311. The van der Waals surface area contributed by atoms with E-state index in [0.29, 0.717) is 5.54 Å². The van der Waals surface area contributed by atoms with E-state index in [1.165, 1.54) is 48.4 Å². The molecular formula is C24H37N5OSSi. The van der Waals surface area contributed by atoms with Gasteiger partial charge in [-0.25, -0.2) is 9.97 Å². The normalized spacial score (nSPS) is 21.2. The summed E-state index contributed by atoms with van der Waals surface area (Å²) < 4.78 is 4.95. The summed E-state index contributed by atoms with van der Waals surface area (Å²) in [7, 11) is 0.961. The minimum Gasteiger partial charge on any atom is -0.385 e. The molecule has 2 saturated heterocycles. The van der Waals surface area contributed by atoms with Crippen LogP contribution < -0.4 is 10.2 Å². The van der Waals surface area contributed by atoms with E-state index in [0.717, 1.165) is 36.9 Å². The number of piperidine rings is 1. The van der Waals surface area contributed by atoms with Gasteiger partial charge in [0.05, 0.1) is 11.1 Å². The van der Waals surface area contributed by atoms with Crippen LogP contribution in [0.25, 0.3) is 21.6 Å². The van der Waals surface area contributed by atoms with Crippen LogP contribution in [0.4, 0.5) is 5.69 Å². The number of nitrogens with one attached hydrogen (secondary N) is 2. The minimum atomic E-state index is -0.803. The van der Waals surface area contributed by atoms with Gasteiger partial charge >= 0.3 is 0 Å². The Kier molecular flexibility index (Phi) is 7.34. The van der Waals surface area contributed by atoms with Gasteiger partial charge in [-0.3, -0.25) is 0 Å². The van der Waals surface area contributed by atoms with E-state index in [2.05, 4.69) is 50.9 Å². The highest BCUT2D eigenvalue weighted by atomic mass is 32.1. The molecule has 2 aliphatic heterocycles. The average molecular weight is 472 g/mol. The van der Waals surface area contributed by atoms with Gasteiger partial charge in [-0.2, -0.15) is 0 Å². The van der Waals surface area contributed by atoms with Gasteiger partial charge < -0.3 is 19.9 Å². The van der Waals surface area contributed by atoms with Gasteiger partial charge in [-0.05, 0) is 37.9 Å². The Morgan fingerprint density at radius 2 is 2.06 bits per heavy atom. The molecule has 0 amide bonds.